The Kier molecular flexibility index (Phi) is 3.89. The molecule has 0 aromatic heterocycles. The van der Waals surface area contributed by atoms with E-state index in [2.05, 4.69) is 31.1 Å². The Bertz CT molecular complexity index is 208. The highest BCUT2D eigenvalue weighted by molar-refractivity contribution is 5.78. The summed E-state index contributed by atoms with van der Waals surface area (Å²) in [5, 5.41) is 2.91. The van der Waals surface area contributed by atoms with E-state index in [0.29, 0.717) is 18.6 Å². The van der Waals surface area contributed by atoms with Gasteiger partial charge in [0.2, 0.25) is 5.91 Å². The maximum Gasteiger partial charge on any atom is 0.236 e. The van der Waals surface area contributed by atoms with Crippen molar-refractivity contribution in [3.63, 3.8) is 0 Å². The van der Waals surface area contributed by atoms with Gasteiger partial charge in [0.05, 0.1) is 6.54 Å². The van der Waals surface area contributed by atoms with Crippen LogP contribution in [0.25, 0.3) is 0 Å². The Morgan fingerprint density at radius 2 is 2.00 bits per heavy atom. The van der Waals surface area contributed by atoms with Crippen molar-refractivity contribution in [1.29, 1.82) is 0 Å². The number of nitrogens with one attached hydrogen (secondary N) is 1. The Labute approximate surface area is 86.2 Å². The largest absolute Gasteiger partial charge is 0.336 e. The molecule has 1 saturated heterocycles. The van der Waals surface area contributed by atoms with Crippen molar-refractivity contribution < 1.29 is 4.79 Å². The number of carbonyl (C=O) groups excluding carboxylic acids is 1. The molecule has 0 radical (unpaired) electrons. The average Bonchev–Trinajstić information content (AvgIpc) is 2.11. The van der Waals surface area contributed by atoms with Crippen LogP contribution in [0, 0.1) is 0 Å². The molecule has 4 heteroatoms. The molecule has 0 saturated carbocycles. The summed E-state index contributed by atoms with van der Waals surface area (Å²) in [7, 11) is 3.92. The third-order valence-electron chi connectivity index (χ3n) is 2.95. The van der Waals surface area contributed by atoms with Crippen LogP contribution in [-0.2, 0) is 4.79 Å². The zero-order valence-corrected chi connectivity index (χ0v) is 9.58. The van der Waals surface area contributed by atoms with E-state index in [9.17, 15) is 4.79 Å². The summed E-state index contributed by atoms with van der Waals surface area (Å²) in [5.74, 6) is 0.208. The summed E-state index contributed by atoms with van der Waals surface area (Å²) in [6.45, 7) is 6.52. The summed E-state index contributed by atoms with van der Waals surface area (Å²) in [6.07, 6.45) is 0. The second-order valence-corrected chi connectivity index (χ2v) is 4.21. The van der Waals surface area contributed by atoms with Crippen LogP contribution in [0.4, 0.5) is 0 Å². The normalized spacial score (nSPS) is 29.3. The fourth-order valence-electron chi connectivity index (χ4n) is 1.90. The van der Waals surface area contributed by atoms with Crippen LogP contribution in [0.2, 0.25) is 0 Å². The molecule has 1 heterocycles. The van der Waals surface area contributed by atoms with Gasteiger partial charge in [0.15, 0.2) is 0 Å². The molecule has 0 aromatic carbocycles. The van der Waals surface area contributed by atoms with E-state index in [4.69, 9.17) is 0 Å². The smallest absolute Gasteiger partial charge is 0.236 e. The zero-order valence-electron chi connectivity index (χ0n) is 9.58. The van der Waals surface area contributed by atoms with Crippen LogP contribution in [0.5, 0.6) is 0 Å². The second kappa shape index (κ2) is 4.75. The van der Waals surface area contributed by atoms with Crippen molar-refractivity contribution in [2.75, 3.05) is 33.7 Å². The lowest BCUT2D eigenvalue weighted by atomic mass is 10.1. The number of carbonyl (C=O) groups is 1. The maximum absolute atomic E-state index is 11.7. The van der Waals surface area contributed by atoms with Gasteiger partial charge in [-0.15, -0.1) is 0 Å². The van der Waals surface area contributed by atoms with Crippen molar-refractivity contribution in [3.8, 4) is 0 Å². The quantitative estimate of drug-likeness (QED) is 0.666. The summed E-state index contributed by atoms with van der Waals surface area (Å²) in [4.78, 5) is 16.0. The lowest BCUT2D eigenvalue weighted by Gasteiger charge is -2.42. The Morgan fingerprint density at radius 1 is 1.36 bits per heavy atom. The van der Waals surface area contributed by atoms with E-state index in [0.717, 1.165) is 13.1 Å². The summed E-state index contributed by atoms with van der Waals surface area (Å²) < 4.78 is 0. The summed E-state index contributed by atoms with van der Waals surface area (Å²) >= 11 is 0. The minimum Gasteiger partial charge on any atom is -0.336 e. The number of amides is 1. The van der Waals surface area contributed by atoms with Crippen LogP contribution in [0.3, 0.4) is 0 Å². The first-order valence-corrected chi connectivity index (χ1v) is 5.20. The summed E-state index contributed by atoms with van der Waals surface area (Å²) in [5.41, 5.74) is 0. The first kappa shape index (κ1) is 11.5. The van der Waals surface area contributed by atoms with Gasteiger partial charge in [-0.25, -0.2) is 0 Å². The summed E-state index contributed by atoms with van der Waals surface area (Å²) in [6, 6.07) is 0.795. The molecule has 1 amide bonds. The molecule has 1 rings (SSSR count). The van der Waals surface area contributed by atoms with E-state index in [1.165, 1.54) is 0 Å². The van der Waals surface area contributed by atoms with Gasteiger partial charge in [-0.1, -0.05) is 0 Å². The highest BCUT2D eigenvalue weighted by Gasteiger charge is 2.29. The standard InChI is InChI=1S/C10H21N3O/c1-8-7-13(10(14)5-11-3)9(2)6-12(8)4/h8-9,11H,5-7H2,1-4H3. The van der Waals surface area contributed by atoms with E-state index in [-0.39, 0.29) is 5.91 Å². The van der Waals surface area contributed by atoms with Crippen LogP contribution in [0.1, 0.15) is 13.8 Å². The van der Waals surface area contributed by atoms with Crippen LogP contribution in [0.15, 0.2) is 0 Å². The lowest BCUT2D eigenvalue weighted by molar-refractivity contribution is -0.135. The van der Waals surface area contributed by atoms with Crippen molar-refractivity contribution in [3.05, 3.63) is 0 Å². The van der Waals surface area contributed by atoms with E-state index >= 15 is 0 Å². The third-order valence-corrected chi connectivity index (χ3v) is 2.95. The highest BCUT2D eigenvalue weighted by atomic mass is 16.2. The first-order chi connectivity index (χ1) is 6.56. The third kappa shape index (κ3) is 2.45. The molecule has 4 nitrogen and oxygen atoms in total. The van der Waals surface area contributed by atoms with E-state index in [1.807, 2.05) is 11.9 Å². The highest BCUT2D eigenvalue weighted by Crippen LogP contribution is 2.12. The Morgan fingerprint density at radius 3 is 2.57 bits per heavy atom. The molecule has 1 aliphatic heterocycles. The van der Waals surface area contributed by atoms with Gasteiger partial charge in [-0.2, -0.15) is 0 Å². The van der Waals surface area contributed by atoms with Gasteiger partial charge in [0.1, 0.15) is 0 Å². The first-order valence-electron chi connectivity index (χ1n) is 5.20. The van der Waals surface area contributed by atoms with Gasteiger partial charge < -0.3 is 10.2 Å². The number of nitrogens with zero attached hydrogens (tertiary/aromatic N) is 2. The molecule has 14 heavy (non-hydrogen) atoms. The molecule has 0 aromatic rings. The van der Waals surface area contributed by atoms with Crippen molar-refractivity contribution in [1.82, 2.24) is 15.1 Å². The molecule has 1 aliphatic rings. The monoisotopic (exact) mass is 199 g/mol. The number of rotatable bonds is 2. The Hall–Kier alpha value is -0.610. The number of piperazine rings is 1. The maximum atomic E-state index is 11.7. The molecule has 1 N–H and O–H groups in total. The van der Waals surface area contributed by atoms with Gasteiger partial charge in [0, 0.05) is 25.2 Å². The second-order valence-electron chi connectivity index (χ2n) is 4.21. The van der Waals surface area contributed by atoms with Gasteiger partial charge in [-0.3, -0.25) is 9.69 Å². The van der Waals surface area contributed by atoms with Gasteiger partial charge in [-0.05, 0) is 27.9 Å². The molecule has 0 bridgehead atoms. The number of hydrogen-bond acceptors (Lipinski definition) is 3. The van der Waals surface area contributed by atoms with E-state index < -0.39 is 0 Å². The molecule has 1 fully saturated rings. The van der Waals surface area contributed by atoms with Gasteiger partial charge in [0.25, 0.3) is 0 Å². The molecule has 2 atom stereocenters. The predicted molar refractivity (Wildman–Crippen MR) is 57.2 cm³/mol. The number of likely N-dealkylation sites (N-methyl/N-ethyl adjacent to an activating group) is 2. The molecular weight excluding hydrogens is 178 g/mol. The minimum absolute atomic E-state index is 0.208. The lowest BCUT2D eigenvalue weighted by Crippen LogP contribution is -2.57. The molecule has 82 valence electrons. The van der Waals surface area contributed by atoms with Crippen LogP contribution >= 0.6 is 0 Å². The van der Waals surface area contributed by atoms with Crippen molar-refractivity contribution in [2.45, 2.75) is 25.9 Å². The van der Waals surface area contributed by atoms with Crippen molar-refractivity contribution in [2.24, 2.45) is 0 Å². The molecule has 0 spiro atoms. The fourth-order valence-corrected chi connectivity index (χ4v) is 1.90. The number of hydrogen-bond donors (Lipinski definition) is 1. The van der Waals surface area contributed by atoms with E-state index in [1.54, 1.807) is 0 Å². The topological polar surface area (TPSA) is 35.6 Å². The van der Waals surface area contributed by atoms with Gasteiger partial charge >= 0.3 is 0 Å². The predicted octanol–water partition coefficient (Wildman–Crippen LogP) is -0.243. The van der Waals surface area contributed by atoms with Crippen LogP contribution < -0.4 is 5.32 Å². The molecule has 2 unspecified atom stereocenters. The fraction of sp³-hybridized carbons (Fsp3) is 0.900. The Balaban J connectivity index is 2.56. The average molecular weight is 199 g/mol. The van der Waals surface area contributed by atoms with Crippen LogP contribution in [-0.4, -0.2) is 61.5 Å². The van der Waals surface area contributed by atoms with Crippen molar-refractivity contribution >= 4 is 5.91 Å². The molecule has 0 aliphatic carbocycles. The molecular formula is C10H21N3O. The minimum atomic E-state index is 0.208. The SMILES string of the molecule is CNCC(=O)N1CC(C)N(C)CC1C. The zero-order chi connectivity index (χ0) is 10.7.